The van der Waals surface area contributed by atoms with Gasteiger partial charge in [-0.25, -0.2) is 4.99 Å². The number of benzene rings is 1. The quantitative estimate of drug-likeness (QED) is 0.621. The average molecular weight is 349 g/mol. The molecular formula is C17H21ClN4O2. The van der Waals surface area contributed by atoms with Crippen LogP contribution in [0.15, 0.2) is 45.8 Å². The summed E-state index contributed by atoms with van der Waals surface area (Å²) in [6, 6.07) is 11.0. The molecule has 0 aliphatic carbocycles. The Labute approximate surface area is 146 Å². The highest BCUT2D eigenvalue weighted by molar-refractivity contribution is 6.30. The van der Waals surface area contributed by atoms with Crippen LogP contribution in [-0.4, -0.2) is 30.4 Å². The summed E-state index contributed by atoms with van der Waals surface area (Å²) in [7, 11) is 1.94. The lowest BCUT2D eigenvalue weighted by atomic mass is 10.2. The number of nitrogens with one attached hydrogen (secondary N) is 1. The maximum Gasteiger partial charge on any atom is 0.284 e. The Morgan fingerprint density at radius 1 is 1.38 bits per heavy atom. The first-order chi connectivity index (χ1) is 11.5. The SMILES string of the molecule is CCNC(=NCc1ccc(C(N)=O)o1)N(C)Cc1cccc(Cl)c1. The largest absolute Gasteiger partial charge is 0.454 e. The number of carbonyl (C=O) groups is 1. The van der Waals surface area contributed by atoms with Gasteiger partial charge in [0.15, 0.2) is 11.7 Å². The van der Waals surface area contributed by atoms with Gasteiger partial charge in [0.05, 0.1) is 0 Å². The van der Waals surface area contributed by atoms with Crippen molar-refractivity contribution in [2.45, 2.75) is 20.0 Å². The number of rotatable bonds is 6. The number of nitrogens with two attached hydrogens (primary N) is 1. The van der Waals surface area contributed by atoms with Crippen LogP contribution in [0.5, 0.6) is 0 Å². The molecule has 0 atom stereocenters. The number of nitrogens with zero attached hydrogens (tertiary/aromatic N) is 2. The van der Waals surface area contributed by atoms with E-state index >= 15 is 0 Å². The predicted molar refractivity (Wildman–Crippen MR) is 95.0 cm³/mol. The van der Waals surface area contributed by atoms with Crippen LogP contribution in [0.1, 0.15) is 28.8 Å². The zero-order chi connectivity index (χ0) is 17.5. The second-order valence-electron chi connectivity index (χ2n) is 5.29. The maximum absolute atomic E-state index is 11.1. The van der Waals surface area contributed by atoms with Gasteiger partial charge in [0.2, 0.25) is 0 Å². The van der Waals surface area contributed by atoms with Gasteiger partial charge in [0.1, 0.15) is 12.3 Å². The average Bonchev–Trinajstić information content (AvgIpc) is 3.00. The van der Waals surface area contributed by atoms with Crippen LogP contribution in [0.3, 0.4) is 0 Å². The molecule has 0 aliphatic heterocycles. The van der Waals surface area contributed by atoms with Crippen LogP contribution in [0.25, 0.3) is 0 Å². The second-order valence-corrected chi connectivity index (χ2v) is 5.72. The summed E-state index contributed by atoms with van der Waals surface area (Å²) in [5.74, 6) is 0.859. The molecule has 2 aromatic rings. The molecule has 1 heterocycles. The Bertz CT molecular complexity index is 727. The first kappa shape index (κ1) is 17.9. The number of guanidine groups is 1. The van der Waals surface area contributed by atoms with Crippen LogP contribution in [-0.2, 0) is 13.1 Å². The Kier molecular flexibility index (Phi) is 6.26. The Morgan fingerprint density at radius 3 is 2.79 bits per heavy atom. The Balaban J connectivity index is 2.07. The minimum atomic E-state index is -0.588. The van der Waals surface area contributed by atoms with Gasteiger partial charge in [-0.2, -0.15) is 0 Å². The number of carbonyl (C=O) groups excluding carboxylic acids is 1. The first-order valence-electron chi connectivity index (χ1n) is 7.62. The number of halogens is 1. The van der Waals surface area contributed by atoms with Crippen molar-refractivity contribution < 1.29 is 9.21 Å². The van der Waals surface area contributed by atoms with Gasteiger partial charge >= 0.3 is 0 Å². The summed E-state index contributed by atoms with van der Waals surface area (Å²) in [5.41, 5.74) is 6.26. The first-order valence-corrected chi connectivity index (χ1v) is 7.99. The molecule has 128 valence electrons. The summed E-state index contributed by atoms with van der Waals surface area (Å²) in [6.07, 6.45) is 0. The molecule has 1 aromatic carbocycles. The molecule has 2 rings (SSSR count). The van der Waals surface area contributed by atoms with Crippen molar-refractivity contribution in [2.75, 3.05) is 13.6 Å². The zero-order valence-electron chi connectivity index (χ0n) is 13.8. The molecule has 6 nitrogen and oxygen atoms in total. The number of furan rings is 1. The topological polar surface area (TPSA) is 83.9 Å². The van der Waals surface area contributed by atoms with Gasteiger partial charge in [-0.1, -0.05) is 23.7 Å². The van der Waals surface area contributed by atoms with Crippen LogP contribution in [0, 0.1) is 0 Å². The number of primary amides is 1. The van der Waals surface area contributed by atoms with Crippen LogP contribution in [0.2, 0.25) is 5.02 Å². The summed E-state index contributed by atoms with van der Waals surface area (Å²) in [6.45, 7) is 3.72. The van der Waals surface area contributed by atoms with E-state index in [1.165, 1.54) is 0 Å². The molecule has 0 fully saturated rings. The highest BCUT2D eigenvalue weighted by atomic mass is 35.5. The third kappa shape index (κ3) is 5.03. The maximum atomic E-state index is 11.1. The van der Waals surface area contributed by atoms with Crippen molar-refractivity contribution in [3.05, 3.63) is 58.5 Å². The van der Waals surface area contributed by atoms with Crippen molar-refractivity contribution in [2.24, 2.45) is 10.7 Å². The summed E-state index contributed by atoms with van der Waals surface area (Å²) >= 11 is 6.02. The van der Waals surface area contributed by atoms with Gasteiger partial charge in [0, 0.05) is 25.2 Å². The van der Waals surface area contributed by atoms with E-state index in [1.807, 2.05) is 43.1 Å². The third-order valence-electron chi connectivity index (χ3n) is 3.29. The number of hydrogen-bond acceptors (Lipinski definition) is 3. The predicted octanol–water partition coefficient (Wildman–Crippen LogP) is 2.63. The second kappa shape index (κ2) is 8.40. The standard InChI is InChI=1S/C17H21ClN4O2/c1-3-20-17(21-10-14-7-8-15(24-14)16(19)23)22(2)11-12-5-4-6-13(18)9-12/h4-9H,3,10-11H2,1-2H3,(H2,19,23)(H,20,21). The van der Waals surface area contributed by atoms with E-state index < -0.39 is 5.91 Å². The van der Waals surface area contributed by atoms with E-state index in [-0.39, 0.29) is 5.76 Å². The smallest absolute Gasteiger partial charge is 0.284 e. The van der Waals surface area contributed by atoms with Crippen LogP contribution in [0.4, 0.5) is 0 Å². The summed E-state index contributed by atoms with van der Waals surface area (Å²) in [4.78, 5) is 17.6. The van der Waals surface area contributed by atoms with Crippen molar-refractivity contribution >= 4 is 23.5 Å². The molecule has 1 amide bonds. The molecule has 7 heteroatoms. The van der Waals surface area contributed by atoms with Gasteiger partial charge < -0.3 is 20.4 Å². The van der Waals surface area contributed by atoms with Crippen molar-refractivity contribution in [3.63, 3.8) is 0 Å². The molecule has 0 saturated carbocycles. The molecule has 0 saturated heterocycles. The van der Waals surface area contributed by atoms with Crippen molar-refractivity contribution in [1.29, 1.82) is 0 Å². The molecule has 1 aromatic heterocycles. The monoisotopic (exact) mass is 348 g/mol. The number of amides is 1. The molecule has 24 heavy (non-hydrogen) atoms. The zero-order valence-corrected chi connectivity index (χ0v) is 14.5. The van der Waals surface area contributed by atoms with E-state index in [1.54, 1.807) is 12.1 Å². The lowest BCUT2D eigenvalue weighted by Crippen LogP contribution is -2.38. The lowest BCUT2D eigenvalue weighted by molar-refractivity contribution is 0.0972. The fraction of sp³-hybridized carbons (Fsp3) is 0.294. The highest BCUT2D eigenvalue weighted by Crippen LogP contribution is 2.13. The minimum absolute atomic E-state index is 0.137. The molecule has 0 radical (unpaired) electrons. The Morgan fingerprint density at radius 2 is 2.17 bits per heavy atom. The highest BCUT2D eigenvalue weighted by Gasteiger charge is 2.09. The molecule has 0 spiro atoms. The van der Waals surface area contributed by atoms with Gasteiger partial charge in [-0.3, -0.25) is 4.79 Å². The van der Waals surface area contributed by atoms with Crippen molar-refractivity contribution in [3.8, 4) is 0 Å². The molecule has 0 unspecified atom stereocenters. The molecule has 0 aliphatic rings. The fourth-order valence-electron chi connectivity index (χ4n) is 2.20. The summed E-state index contributed by atoms with van der Waals surface area (Å²) < 4.78 is 5.34. The minimum Gasteiger partial charge on any atom is -0.454 e. The van der Waals surface area contributed by atoms with E-state index in [9.17, 15) is 4.79 Å². The van der Waals surface area contributed by atoms with Crippen molar-refractivity contribution in [1.82, 2.24) is 10.2 Å². The normalized spacial score (nSPS) is 11.4. The van der Waals surface area contributed by atoms with Gasteiger partial charge in [-0.05, 0) is 36.8 Å². The number of aliphatic imine (C=N–C) groups is 1. The van der Waals surface area contributed by atoms with E-state index in [0.717, 1.165) is 18.1 Å². The Hall–Kier alpha value is -2.47. The van der Waals surface area contributed by atoms with Crippen LogP contribution >= 0.6 is 11.6 Å². The van der Waals surface area contributed by atoms with E-state index in [4.69, 9.17) is 21.8 Å². The van der Waals surface area contributed by atoms with Gasteiger partial charge in [-0.15, -0.1) is 0 Å². The molecule has 0 bridgehead atoms. The number of hydrogen-bond donors (Lipinski definition) is 2. The molecular weight excluding hydrogens is 328 g/mol. The lowest BCUT2D eigenvalue weighted by Gasteiger charge is -2.22. The fourth-order valence-corrected chi connectivity index (χ4v) is 2.41. The van der Waals surface area contributed by atoms with E-state index in [2.05, 4.69) is 10.3 Å². The van der Waals surface area contributed by atoms with Crippen LogP contribution < -0.4 is 11.1 Å². The third-order valence-corrected chi connectivity index (χ3v) is 3.53. The molecule has 3 N–H and O–H groups in total. The van der Waals surface area contributed by atoms with Gasteiger partial charge in [0.25, 0.3) is 5.91 Å². The van der Waals surface area contributed by atoms with E-state index in [0.29, 0.717) is 23.9 Å². The summed E-state index contributed by atoms with van der Waals surface area (Å²) in [5, 5.41) is 3.93.